The fraction of sp³-hybridized carbons (Fsp3) is 0.250. The number of hydrogen-bond acceptors (Lipinski definition) is 2. The molecule has 0 radical (unpaired) electrons. The van der Waals surface area contributed by atoms with Crippen LogP contribution in [0.3, 0.4) is 0 Å². The number of rotatable bonds is 1. The second-order valence-electron chi connectivity index (χ2n) is 1.49. The Morgan fingerprint density at radius 2 is 2.09 bits per heavy atom. The van der Waals surface area contributed by atoms with Gasteiger partial charge in [0.1, 0.15) is 5.69 Å². The van der Waals surface area contributed by atoms with Gasteiger partial charge >= 0.3 is 0 Å². The van der Waals surface area contributed by atoms with E-state index in [4.69, 9.17) is 11.6 Å². The number of nitrogens with zero attached hydrogens (tertiary/aromatic N) is 1. The van der Waals surface area contributed by atoms with Crippen LogP contribution in [0.5, 0.6) is 0 Å². The third kappa shape index (κ3) is 3.73. The van der Waals surface area contributed by atoms with Crippen molar-refractivity contribution in [2.75, 3.05) is 0 Å². The van der Waals surface area contributed by atoms with Gasteiger partial charge in [0.15, 0.2) is 0 Å². The Labute approximate surface area is 71.2 Å². The Morgan fingerprint density at radius 1 is 1.45 bits per heavy atom. The van der Waals surface area contributed by atoms with Crippen molar-refractivity contribution in [2.45, 2.75) is 13.8 Å². The number of aromatic nitrogens is 1. The SMILES string of the molecule is CC.O=C(Cl)c1ccccn1. The number of halogens is 1. The Kier molecular flexibility index (Phi) is 5.39. The van der Waals surface area contributed by atoms with Crippen LogP contribution in [0, 0.1) is 0 Å². The molecule has 0 N–H and O–H groups in total. The van der Waals surface area contributed by atoms with Gasteiger partial charge in [-0.05, 0) is 23.7 Å². The van der Waals surface area contributed by atoms with Crippen molar-refractivity contribution < 1.29 is 4.79 Å². The maximum absolute atomic E-state index is 10.3. The lowest BCUT2D eigenvalue weighted by atomic mass is 10.4. The van der Waals surface area contributed by atoms with Crippen molar-refractivity contribution >= 4 is 16.8 Å². The minimum atomic E-state index is -0.518. The van der Waals surface area contributed by atoms with E-state index in [0.29, 0.717) is 5.69 Å². The quantitative estimate of drug-likeness (QED) is 0.608. The number of hydrogen-bond donors (Lipinski definition) is 0. The lowest BCUT2D eigenvalue weighted by Gasteiger charge is -1.86. The zero-order valence-corrected chi connectivity index (χ0v) is 7.30. The molecule has 0 atom stereocenters. The Hall–Kier alpha value is -0.890. The molecule has 0 fully saturated rings. The molecule has 0 saturated carbocycles. The van der Waals surface area contributed by atoms with Crippen LogP contribution < -0.4 is 0 Å². The van der Waals surface area contributed by atoms with Crippen LogP contribution in [0.25, 0.3) is 0 Å². The molecule has 0 spiro atoms. The van der Waals surface area contributed by atoms with Crippen molar-refractivity contribution in [1.29, 1.82) is 0 Å². The van der Waals surface area contributed by atoms with Crippen molar-refractivity contribution in [1.82, 2.24) is 4.98 Å². The highest BCUT2D eigenvalue weighted by Crippen LogP contribution is 1.96. The second kappa shape index (κ2) is 5.86. The Bertz CT molecular complexity index is 211. The van der Waals surface area contributed by atoms with E-state index >= 15 is 0 Å². The van der Waals surface area contributed by atoms with E-state index in [2.05, 4.69) is 4.98 Å². The predicted molar refractivity (Wildman–Crippen MR) is 45.8 cm³/mol. The van der Waals surface area contributed by atoms with Crippen LogP contribution in [0.1, 0.15) is 24.3 Å². The molecule has 0 amide bonds. The maximum atomic E-state index is 10.3. The molecule has 1 rings (SSSR count). The summed E-state index contributed by atoms with van der Waals surface area (Å²) in [5, 5.41) is -0.518. The number of carbonyl (C=O) groups excluding carboxylic acids is 1. The third-order valence-corrected chi connectivity index (χ3v) is 1.06. The van der Waals surface area contributed by atoms with Crippen LogP contribution in [-0.4, -0.2) is 10.2 Å². The summed E-state index contributed by atoms with van der Waals surface area (Å²) < 4.78 is 0. The monoisotopic (exact) mass is 171 g/mol. The smallest absolute Gasteiger partial charge is 0.270 e. The van der Waals surface area contributed by atoms with Crippen LogP contribution >= 0.6 is 11.6 Å². The highest BCUT2D eigenvalue weighted by Gasteiger charge is 1.98. The number of pyridine rings is 1. The van der Waals surface area contributed by atoms with Crippen molar-refractivity contribution in [2.24, 2.45) is 0 Å². The van der Waals surface area contributed by atoms with E-state index in [0.717, 1.165) is 0 Å². The van der Waals surface area contributed by atoms with Gasteiger partial charge in [-0.25, -0.2) is 0 Å². The molecule has 2 nitrogen and oxygen atoms in total. The van der Waals surface area contributed by atoms with Gasteiger partial charge in [0.25, 0.3) is 5.24 Å². The fourth-order valence-corrected chi connectivity index (χ4v) is 0.591. The van der Waals surface area contributed by atoms with Crippen LogP contribution in [0.15, 0.2) is 24.4 Å². The van der Waals surface area contributed by atoms with E-state index in [-0.39, 0.29) is 0 Å². The zero-order valence-electron chi connectivity index (χ0n) is 6.54. The minimum Gasteiger partial charge on any atom is -0.274 e. The molecule has 1 heterocycles. The average molecular weight is 172 g/mol. The largest absolute Gasteiger partial charge is 0.274 e. The summed E-state index contributed by atoms with van der Waals surface area (Å²) in [6, 6.07) is 5.00. The van der Waals surface area contributed by atoms with Crippen molar-refractivity contribution in [3.63, 3.8) is 0 Å². The van der Waals surface area contributed by atoms with Gasteiger partial charge in [-0.15, -0.1) is 0 Å². The predicted octanol–water partition coefficient (Wildman–Crippen LogP) is 2.49. The topological polar surface area (TPSA) is 30.0 Å². The number of carbonyl (C=O) groups is 1. The Morgan fingerprint density at radius 3 is 2.36 bits per heavy atom. The summed E-state index contributed by atoms with van der Waals surface area (Å²) in [5.41, 5.74) is 0.291. The molecule has 60 valence electrons. The normalized spacial score (nSPS) is 7.91. The molecule has 0 aliphatic rings. The maximum Gasteiger partial charge on any atom is 0.270 e. The standard InChI is InChI=1S/C6H4ClNO.C2H6/c7-6(9)5-3-1-2-4-8-5;1-2/h1-4H;1-2H3. The molecule has 0 aromatic carbocycles. The van der Waals surface area contributed by atoms with Crippen LogP contribution in [0.2, 0.25) is 0 Å². The second-order valence-corrected chi connectivity index (χ2v) is 1.83. The first kappa shape index (κ1) is 10.1. The first-order valence-electron chi connectivity index (χ1n) is 3.41. The lowest BCUT2D eigenvalue weighted by Crippen LogP contribution is -1.90. The first-order chi connectivity index (χ1) is 5.30. The zero-order chi connectivity index (χ0) is 8.69. The van der Waals surface area contributed by atoms with Crippen molar-refractivity contribution in [3.8, 4) is 0 Å². The van der Waals surface area contributed by atoms with Gasteiger partial charge in [-0.1, -0.05) is 19.9 Å². The van der Waals surface area contributed by atoms with E-state index in [1.54, 1.807) is 18.2 Å². The average Bonchev–Trinajstić information content (AvgIpc) is 2.10. The van der Waals surface area contributed by atoms with Gasteiger partial charge in [0.05, 0.1) is 0 Å². The summed E-state index contributed by atoms with van der Waals surface area (Å²) in [6.45, 7) is 4.00. The van der Waals surface area contributed by atoms with E-state index < -0.39 is 5.24 Å². The van der Waals surface area contributed by atoms with Crippen LogP contribution in [-0.2, 0) is 0 Å². The molecule has 1 aromatic heterocycles. The summed E-state index contributed by atoms with van der Waals surface area (Å²) in [5.74, 6) is 0. The van der Waals surface area contributed by atoms with Gasteiger partial charge in [-0.2, -0.15) is 0 Å². The molecule has 11 heavy (non-hydrogen) atoms. The fourth-order valence-electron chi connectivity index (χ4n) is 0.479. The first-order valence-corrected chi connectivity index (χ1v) is 3.79. The summed E-state index contributed by atoms with van der Waals surface area (Å²) in [4.78, 5) is 14.0. The third-order valence-electron chi connectivity index (χ3n) is 0.866. The molecule has 0 unspecified atom stereocenters. The molecular weight excluding hydrogens is 162 g/mol. The molecule has 1 aromatic rings. The van der Waals surface area contributed by atoms with E-state index in [1.807, 2.05) is 13.8 Å². The lowest BCUT2D eigenvalue weighted by molar-refractivity contribution is 0.107. The molecular formula is C8H10ClNO. The molecule has 0 saturated heterocycles. The molecule has 3 heteroatoms. The highest BCUT2D eigenvalue weighted by atomic mass is 35.5. The summed E-state index contributed by atoms with van der Waals surface area (Å²) >= 11 is 5.10. The molecule has 0 aliphatic heterocycles. The van der Waals surface area contributed by atoms with Gasteiger partial charge in [0, 0.05) is 6.20 Å². The molecule has 0 bridgehead atoms. The van der Waals surface area contributed by atoms with Crippen molar-refractivity contribution in [3.05, 3.63) is 30.1 Å². The Balaban J connectivity index is 0.000000461. The minimum absolute atomic E-state index is 0.291. The van der Waals surface area contributed by atoms with Crippen LogP contribution in [0.4, 0.5) is 0 Å². The van der Waals surface area contributed by atoms with Gasteiger partial charge in [-0.3, -0.25) is 9.78 Å². The molecule has 0 aliphatic carbocycles. The van der Waals surface area contributed by atoms with E-state index in [1.165, 1.54) is 6.20 Å². The van der Waals surface area contributed by atoms with Gasteiger partial charge < -0.3 is 0 Å². The van der Waals surface area contributed by atoms with E-state index in [9.17, 15) is 4.79 Å². The summed E-state index contributed by atoms with van der Waals surface area (Å²) in [7, 11) is 0. The summed E-state index contributed by atoms with van der Waals surface area (Å²) in [6.07, 6.45) is 1.52. The van der Waals surface area contributed by atoms with Gasteiger partial charge in [0.2, 0.25) is 0 Å². The highest BCUT2D eigenvalue weighted by molar-refractivity contribution is 6.67.